The van der Waals surface area contributed by atoms with Gasteiger partial charge in [-0.2, -0.15) is 0 Å². The SMILES string of the molecule is O=C1COc2ccc(C(=O)COC(=O)Cc3csc(-c4cccnc4)n3)cc2N1. The molecule has 1 N–H and O–H groups in total. The fourth-order valence-corrected chi connectivity index (χ4v) is 3.51. The molecule has 1 amide bonds. The Balaban J connectivity index is 1.33. The molecule has 0 radical (unpaired) electrons. The van der Waals surface area contributed by atoms with Gasteiger partial charge >= 0.3 is 5.97 Å². The van der Waals surface area contributed by atoms with Crippen LogP contribution in [0.2, 0.25) is 0 Å². The zero-order chi connectivity index (χ0) is 20.2. The highest BCUT2D eigenvalue weighted by molar-refractivity contribution is 7.13. The fraction of sp³-hybridized carbons (Fsp3) is 0.150. The van der Waals surface area contributed by atoms with Gasteiger partial charge in [-0.15, -0.1) is 11.3 Å². The normalized spacial score (nSPS) is 12.5. The number of nitrogens with zero attached hydrogens (tertiary/aromatic N) is 2. The van der Waals surface area contributed by atoms with Crippen molar-refractivity contribution < 1.29 is 23.9 Å². The lowest BCUT2D eigenvalue weighted by molar-refractivity contribution is -0.141. The fourth-order valence-electron chi connectivity index (χ4n) is 2.69. The summed E-state index contributed by atoms with van der Waals surface area (Å²) in [5.74, 6) is -0.722. The van der Waals surface area contributed by atoms with Gasteiger partial charge in [0.05, 0.1) is 17.8 Å². The maximum Gasteiger partial charge on any atom is 0.312 e. The summed E-state index contributed by atoms with van der Waals surface area (Å²) >= 11 is 1.41. The van der Waals surface area contributed by atoms with Crippen molar-refractivity contribution >= 4 is 34.7 Å². The number of benzene rings is 1. The predicted octanol–water partition coefficient (Wildman–Crippen LogP) is 2.50. The first kappa shape index (κ1) is 18.8. The van der Waals surface area contributed by atoms with Crippen molar-refractivity contribution in [2.24, 2.45) is 0 Å². The standard InChI is InChI=1S/C20H15N3O5S/c24-16(12-3-4-17-15(6-12)23-18(25)10-27-17)9-28-19(26)7-14-11-29-20(22-14)13-2-1-5-21-8-13/h1-6,8,11H,7,9-10H2,(H,23,25). The lowest BCUT2D eigenvalue weighted by atomic mass is 10.1. The van der Waals surface area contributed by atoms with Crippen LogP contribution >= 0.6 is 11.3 Å². The highest BCUT2D eigenvalue weighted by Crippen LogP contribution is 2.28. The van der Waals surface area contributed by atoms with E-state index in [1.807, 2.05) is 12.1 Å². The molecule has 1 aromatic carbocycles. The molecule has 0 saturated carbocycles. The Bertz CT molecular complexity index is 1080. The van der Waals surface area contributed by atoms with Crippen LogP contribution in [0.15, 0.2) is 48.1 Å². The van der Waals surface area contributed by atoms with Crippen molar-refractivity contribution in [1.29, 1.82) is 0 Å². The summed E-state index contributed by atoms with van der Waals surface area (Å²) in [6, 6.07) is 8.36. The van der Waals surface area contributed by atoms with Crippen LogP contribution in [0.25, 0.3) is 10.6 Å². The van der Waals surface area contributed by atoms with Crippen molar-refractivity contribution in [2.75, 3.05) is 18.5 Å². The molecule has 0 fully saturated rings. The first-order valence-corrected chi connectivity index (χ1v) is 9.57. The monoisotopic (exact) mass is 409 g/mol. The van der Waals surface area contributed by atoms with Crippen molar-refractivity contribution in [1.82, 2.24) is 9.97 Å². The van der Waals surface area contributed by atoms with Crippen molar-refractivity contribution in [3.05, 3.63) is 59.4 Å². The van der Waals surface area contributed by atoms with Gasteiger partial charge in [0.25, 0.3) is 5.91 Å². The van der Waals surface area contributed by atoms with Crippen LogP contribution in [-0.2, 0) is 20.7 Å². The topological polar surface area (TPSA) is 107 Å². The van der Waals surface area contributed by atoms with Crippen LogP contribution < -0.4 is 10.1 Å². The third-order valence-electron chi connectivity index (χ3n) is 4.08. The second-order valence-electron chi connectivity index (χ2n) is 6.19. The molecule has 0 aliphatic carbocycles. The Labute approximate surface area is 169 Å². The molecule has 1 aliphatic rings. The van der Waals surface area contributed by atoms with E-state index in [4.69, 9.17) is 9.47 Å². The molecule has 0 atom stereocenters. The van der Waals surface area contributed by atoms with Crippen LogP contribution in [0.5, 0.6) is 5.75 Å². The first-order valence-electron chi connectivity index (χ1n) is 8.69. The number of hydrogen-bond acceptors (Lipinski definition) is 8. The highest BCUT2D eigenvalue weighted by atomic mass is 32.1. The molecule has 0 unspecified atom stereocenters. The Kier molecular flexibility index (Phi) is 5.30. The quantitative estimate of drug-likeness (QED) is 0.492. The number of ketones is 1. The Hall–Kier alpha value is -3.59. The molecule has 0 spiro atoms. The van der Waals surface area contributed by atoms with Gasteiger partial charge in [-0.3, -0.25) is 19.4 Å². The molecule has 29 heavy (non-hydrogen) atoms. The van der Waals surface area contributed by atoms with E-state index in [-0.39, 0.29) is 24.7 Å². The lowest BCUT2D eigenvalue weighted by Gasteiger charge is -2.18. The average Bonchev–Trinajstić information content (AvgIpc) is 3.20. The number of anilines is 1. The number of thiazole rings is 1. The number of carbonyl (C=O) groups is 3. The van der Waals surface area contributed by atoms with Crippen LogP contribution in [0.4, 0.5) is 5.69 Å². The maximum atomic E-state index is 12.3. The molecule has 8 nitrogen and oxygen atoms in total. The molecule has 2 aromatic heterocycles. The Morgan fingerprint density at radius 3 is 3.00 bits per heavy atom. The molecule has 3 aromatic rings. The zero-order valence-electron chi connectivity index (χ0n) is 15.1. The molecule has 9 heteroatoms. The molecular formula is C20H15N3O5S. The summed E-state index contributed by atoms with van der Waals surface area (Å²) in [5.41, 5.74) is 2.18. The first-order chi connectivity index (χ1) is 14.1. The molecule has 0 bridgehead atoms. The van der Waals surface area contributed by atoms with Gasteiger partial charge in [0, 0.05) is 28.9 Å². The number of pyridine rings is 1. The van der Waals surface area contributed by atoms with Gasteiger partial charge in [-0.1, -0.05) is 0 Å². The molecule has 146 valence electrons. The van der Waals surface area contributed by atoms with Gasteiger partial charge in [-0.05, 0) is 30.3 Å². The molecule has 3 heterocycles. The molecule has 4 rings (SSSR count). The summed E-state index contributed by atoms with van der Waals surface area (Å²) in [4.78, 5) is 44.2. The van der Waals surface area contributed by atoms with E-state index in [0.29, 0.717) is 22.7 Å². The largest absolute Gasteiger partial charge is 0.482 e. The van der Waals surface area contributed by atoms with Gasteiger partial charge in [0.2, 0.25) is 0 Å². The van der Waals surface area contributed by atoms with E-state index in [1.54, 1.807) is 29.9 Å². The zero-order valence-corrected chi connectivity index (χ0v) is 15.9. The molecule has 1 aliphatic heterocycles. The number of rotatable bonds is 6. The third kappa shape index (κ3) is 4.46. The Morgan fingerprint density at radius 1 is 1.28 bits per heavy atom. The van der Waals surface area contributed by atoms with Gasteiger partial charge < -0.3 is 14.8 Å². The van der Waals surface area contributed by atoms with Gasteiger partial charge in [0.1, 0.15) is 10.8 Å². The summed E-state index contributed by atoms with van der Waals surface area (Å²) < 4.78 is 10.3. The van der Waals surface area contributed by atoms with Crippen LogP contribution in [-0.4, -0.2) is 40.8 Å². The summed E-state index contributed by atoms with van der Waals surface area (Å²) in [7, 11) is 0. The minimum atomic E-state index is -0.545. The molecule has 0 saturated heterocycles. The smallest absolute Gasteiger partial charge is 0.312 e. The number of esters is 1. The van der Waals surface area contributed by atoms with Crippen LogP contribution in [0.3, 0.4) is 0 Å². The van der Waals surface area contributed by atoms with E-state index >= 15 is 0 Å². The lowest BCUT2D eigenvalue weighted by Crippen LogP contribution is -2.25. The number of carbonyl (C=O) groups excluding carboxylic acids is 3. The second kappa shape index (κ2) is 8.19. The number of aromatic nitrogens is 2. The van der Waals surface area contributed by atoms with E-state index in [1.165, 1.54) is 17.4 Å². The average molecular weight is 409 g/mol. The Morgan fingerprint density at radius 2 is 2.17 bits per heavy atom. The summed E-state index contributed by atoms with van der Waals surface area (Å²) in [6.07, 6.45) is 3.35. The third-order valence-corrected chi connectivity index (χ3v) is 5.02. The highest BCUT2D eigenvalue weighted by Gasteiger charge is 2.19. The van der Waals surface area contributed by atoms with E-state index in [2.05, 4.69) is 15.3 Å². The number of nitrogens with one attached hydrogen (secondary N) is 1. The van der Waals surface area contributed by atoms with Crippen LogP contribution in [0.1, 0.15) is 16.1 Å². The molecular weight excluding hydrogens is 394 g/mol. The predicted molar refractivity (Wildman–Crippen MR) is 105 cm³/mol. The van der Waals surface area contributed by atoms with E-state index < -0.39 is 12.6 Å². The van der Waals surface area contributed by atoms with E-state index in [9.17, 15) is 14.4 Å². The van der Waals surface area contributed by atoms with Crippen molar-refractivity contribution in [3.63, 3.8) is 0 Å². The number of Topliss-reactive ketones (excluding diaryl/α,β-unsaturated/α-hetero) is 1. The summed E-state index contributed by atoms with van der Waals surface area (Å²) in [6.45, 7) is -0.455. The number of fused-ring (bicyclic) bond motifs is 1. The van der Waals surface area contributed by atoms with E-state index in [0.717, 1.165) is 10.6 Å². The van der Waals surface area contributed by atoms with Gasteiger partial charge in [0.15, 0.2) is 19.0 Å². The van der Waals surface area contributed by atoms with Crippen molar-refractivity contribution in [3.8, 4) is 16.3 Å². The summed E-state index contributed by atoms with van der Waals surface area (Å²) in [5, 5.41) is 5.17. The number of hydrogen-bond donors (Lipinski definition) is 1. The minimum absolute atomic E-state index is 0.0296. The second-order valence-corrected chi connectivity index (χ2v) is 7.05. The van der Waals surface area contributed by atoms with Crippen molar-refractivity contribution in [2.45, 2.75) is 6.42 Å². The maximum absolute atomic E-state index is 12.3. The number of amides is 1. The minimum Gasteiger partial charge on any atom is -0.482 e. The number of ether oxygens (including phenoxy) is 2. The van der Waals surface area contributed by atoms with Gasteiger partial charge in [-0.25, -0.2) is 4.98 Å². The van der Waals surface area contributed by atoms with Crippen LogP contribution in [0, 0.1) is 0 Å².